The fourth-order valence-corrected chi connectivity index (χ4v) is 14.1. The number of fused-ring (bicyclic) bond motifs is 15. The summed E-state index contributed by atoms with van der Waals surface area (Å²) in [5, 5.41) is 64.3. The van der Waals surface area contributed by atoms with Gasteiger partial charge in [-0.15, -0.1) is 0 Å². The molecule has 532 valence electrons. The average molecular weight is 2050 g/mol. The monoisotopic (exact) mass is 2050 g/mol. The Morgan fingerprint density at radius 2 is 0.869 bits per heavy atom. The molecule has 107 heavy (non-hydrogen) atoms. The molecule has 0 unspecified atom stereocenters. The number of ether oxygens (including phenoxy) is 1. The van der Waals surface area contributed by atoms with Crippen LogP contribution in [0.5, 0.6) is 40.2 Å². The zero-order valence-corrected chi connectivity index (χ0v) is 78.8. The van der Waals surface area contributed by atoms with Crippen molar-refractivity contribution < 1.29 is 214 Å². The van der Waals surface area contributed by atoms with Crippen LogP contribution in [0, 0.1) is 260 Å². The maximum absolute atomic E-state index is 13.3. The maximum atomic E-state index is 13.3. The third kappa shape index (κ3) is 17.2. The van der Waals surface area contributed by atoms with E-state index in [4.69, 9.17) is 13.6 Å². The number of benzene rings is 9. The minimum atomic E-state index is -0.429. The molecule has 16 rings (SSSR count). The molecule has 3 aliphatic rings. The Labute approximate surface area is 767 Å². The van der Waals surface area contributed by atoms with Crippen molar-refractivity contribution in [3.05, 3.63) is 248 Å². The zero-order chi connectivity index (χ0) is 73.3. The van der Waals surface area contributed by atoms with Gasteiger partial charge in [0.1, 0.15) is 62.4 Å². The van der Waals surface area contributed by atoms with E-state index in [2.05, 4.69) is 104 Å². The van der Waals surface area contributed by atoms with Gasteiger partial charge in [0, 0.05) is 259 Å². The Balaban J connectivity index is 0.000000171. The maximum Gasteiger partial charge on any atom is 0.361 e. The van der Waals surface area contributed by atoms with Crippen molar-refractivity contribution in [1.29, 1.82) is 0 Å². The molecule has 15 nitrogen and oxygen atoms in total. The first-order valence-corrected chi connectivity index (χ1v) is 35.7. The summed E-state index contributed by atoms with van der Waals surface area (Å²) in [6.45, 7) is 26.0. The van der Waals surface area contributed by atoms with E-state index in [1.165, 1.54) is 73.8 Å². The van der Waals surface area contributed by atoms with Gasteiger partial charge in [-0.05, 0) is 263 Å². The van der Waals surface area contributed by atoms with Gasteiger partial charge in [-0.1, -0.05) is 83.0 Å². The van der Waals surface area contributed by atoms with Crippen molar-refractivity contribution in [3.8, 4) is 96.9 Å². The quantitative estimate of drug-likeness (QED) is 0.0241. The predicted octanol–water partition coefficient (Wildman–Crippen LogP) is 18.3. The van der Waals surface area contributed by atoms with Crippen LogP contribution < -0.4 is 16.0 Å². The van der Waals surface area contributed by atoms with Crippen LogP contribution in [0.4, 0.5) is 0 Å². The van der Waals surface area contributed by atoms with Crippen molar-refractivity contribution >= 4 is 78.5 Å². The van der Waals surface area contributed by atoms with Gasteiger partial charge in [0.15, 0.2) is 0 Å². The number of aromatic hydroxyl groups is 6. The zero-order valence-electron chi connectivity index (χ0n) is 61.8. The molecule has 0 spiro atoms. The van der Waals surface area contributed by atoms with Crippen molar-refractivity contribution in [3.63, 3.8) is 0 Å². The second kappa shape index (κ2) is 35.2. The van der Waals surface area contributed by atoms with Crippen LogP contribution in [0.2, 0.25) is 0 Å². The van der Waals surface area contributed by atoms with Crippen molar-refractivity contribution in [1.82, 2.24) is 9.13 Å². The van der Waals surface area contributed by atoms with E-state index < -0.39 is 17.2 Å². The first kappa shape index (κ1) is 85.2. The number of halogens is 1. The van der Waals surface area contributed by atoms with E-state index in [0.29, 0.717) is 63.1 Å². The molecule has 0 fully saturated rings. The molecule has 9 aromatic carbocycles. The number of aryl methyl sites for hydroxylation is 16. The van der Waals surface area contributed by atoms with Crippen LogP contribution in [-0.4, -0.2) is 62.9 Å². The largest absolute Gasteiger partial charge is 0.508 e. The van der Waals surface area contributed by atoms with E-state index in [9.17, 15) is 45.0 Å². The predicted molar refractivity (Wildman–Crippen MR) is 418 cm³/mol. The SMILES string of the molecule is Cc1cc2c(cc1C)-c1c(-c3ccc(C)c(O)c3)c3c4cc(C)c(O)cc4oc(=O)c3n1CC2.Cc1cc2c(cc1C)-c1c(-c3ccc(C)c(O)c3)c3c4cc(C)c(O)cc4oc(=O)c3n1CC2.Cc1cc2c(cc1C)CCN=C2.Cc1ccc(C#Cc2cc(C)c(O)cc2OC(=O)CI)cc1O.[Pr].[Pr].[Pr].[Pr]. The second-order valence-electron chi connectivity index (χ2n) is 27.4. The molecule has 0 aliphatic carbocycles. The topological polar surface area (TPSA) is 230 Å². The van der Waals surface area contributed by atoms with Crippen molar-refractivity contribution in [2.75, 3.05) is 11.0 Å². The van der Waals surface area contributed by atoms with Crippen LogP contribution >= 0.6 is 22.6 Å². The molecular formula is C87H78IN3O12Pr4. The Kier molecular flexibility index (Phi) is 28.1. The number of rotatable bonds is 4. The van der Waals surface area contributed by atoms with E-state index in [1.807, 2.05) is 92.9 Å². The number of aromatic nitrogens is 2. The number of hydrogen-bond donors (Lipinski definition) is 6. The number of carbonyl (C=O) groups excluding carboxylic acids is 1. The first-order valence-electron chi connectivity index (χ1n) is 34.1. The molecular weight excluding hydrogens is 1970 g/mol. The number of phenolic OH excluding ortho intramolecular Hbond substituents is 6. The molecule has 7 heterocycles. The van der Waals surface area contributed by atoms with E-state index in [1.54, 1.807) is 50.2 Å². The van der Waals surface area contributed by atoms with Gasteiger partial charge in [-0.3, -0.25) is 9.79 Å². The summed E-state index contributed by atoms with van der Waals surface area (Å²) in [5.74, 6) is 6.47. The second-order valence-corrected chi connectivity index (χ2v) is 28.1. The molecule has 0 atom stereocenters. The Morgan fingerprint density at radius 3 is 1.33 bits per heavy atom. The fraction of sp³-hybridized carbons (Fsp3) is 0.218. The molecule has 4 aromatic heterocycles. The summed E-state index contributed by atoms with van der Waals surface area (Å²) >= 11 is 1.90. The molecule has 0 saturated carbocycles. The molecule has 13 aromatic rings. The summed E-state index contributed by atoms with van der Waals surface area (Å²) in [6, 6.07) is 39.7. The fourth-order valence-electron chi connectivity index (χ4n) is 14.0. The van der Waals surface area contributed by atoms with E-state index >= 15 is 0 Å². The van der Waals surface area contributed by atoms with Gasteiger partial charge in [0.2, 0.25) is 0 Å². The molecule has 0 amide bonds. The van der Waals surface area contributed by atoms with E-state index in [-0.39, 0.29) is 210 Å². The van der Waals surface area contributed by atoms with Gasteiger partial charge in [0.05, 0.1) is 21.4 Å². The summed E-state index contributed by atoms with van der Waals surface area (Å²) < 4.78 is 21.0. The summed E-state index contributed by atoms with van der Waals surface area (Å²) in [7, 11) is 0. The third-order valence-corrected chi connectivity index (χ3v) is 20.9. The van der Waals surface area contributed by atoms with Crippen LogP contribution in [0.3, 0.4) is 0 Å². The standard InChI is InChI=1S/2C29H25NO4.C18H15IO4.C11H13N.4Pr/c2*1-14-5-6-19(12-22(14)31)25-26-21-11-17(4)23(32)13-24(21)34-29(33)28(26)30-8-7-18-9-15(2)16(3)10-20(18)27(25)30;1-11-3-4-13(8-15(11)20)5-6-14-7-12(2)16(21)9-17(14)23-18(22)10-19;1-8-5-10-3-4-12-7-11(10)6-9(8)2;;;;/h2*5-6,9-13,31-32H,7-8H2,1-4H3;3-4,7-9,20-21H,10H2,1-2H3;5-7H,3-4H2,1-2H3;;;;. The van der Waals surface area contributed by atoms with Gasteiger partial charge in [-0.2, -0.15) is 0 Å². The van der Waals surface area contributed by atoms with Gasteiger partial charge < -0.3 is 53.3 Å². The molecule has 3 aliphatic heterocycles. The Bertz CT molecular complexity index is 5730. The van der Waals surface area contributed by atoms with Crippen LogP contribution in [0.1, 0.15) is 100 Å². The number of esters is 1. The normalized spacial score (nSPS) is 11.9. The van der Waals surface area contributed by atoms with Crippen LogP contribution in [0.25, 0.3) is 88.5 Å². The van der Waals surface area contributed by atoms with Crippen molar-refractivity contribution in [2.24, 2.45) is 4.99 Å². The van der Waals surface area contributed by atoms with Gasteiger partial charge in [0.25, 0.3) is 0 Å². The molecule has 6 N–H and O–H groups in total. The van der Waals surface area contributed by atoms with Crippen LogP contribution in [0.15, 0.2) is 151 Å². The summed E-state index contributed by atoms with van der Waals surface area (Å²) in [4.78, 5) is 42.4. The van der Waals surface area contributed by atoms with Crippen molar-refractivity contribution in [2.45, 2.75) is 115 Å². The minimum Gasteiger partial charge on any atom is -0.508 e. The molecule has 0 bridgehead atoms. The summed E-state index contributed by atoms with van der Waals surface area (Å²) in [6.07, 6.45) is 4.73. The molecule has 4 radical (unpaired) electrons. The minimum absolute atomic E-state index is 0. The number of phenols is 6. The van der Waals surface area contributed by atoms with E-state index in [0.717, 1.165) is 109 Å². The van der Waals surface area contributed by atoms with Gasteiger partial charge >= 0.3 is 17.2 Å². The number of aliphatic imine (C=N–C) groups is 1. The smallest absolute Gasteiger partial charge is 0.361 e. The third-order valence-electron chi connectivity index (χ3n) is 20.3. The first-order chi connectivity index (χ1) is 49.2. The van der Waals surface area contributed by atoms with Gasteiger partial charge in [-0.25, -0.2) is 9.59 Å². The summed E-state index contributed by atoms with van der Waals surface area (Å²) in [5.41, 5.74) is 26.9. The Hall–Kier alpha value is -5.84. The Morgan fingerprint density at radius 1 is 0.458 bits per heavy atom. The average Bonchev–Trinajstić information content (AvgIpc) is 1.56. The number of nitrogens with zero attached hydrogens (tertiary/aromatic N) is 3. The van der Waals surface area contributed by atoms with Crippen LogP contribution in [-0.2, 0) is 37.1 Å². The molecule has 0 saturated heterocycles. The number of alkyl halides is 1. The molecule has 20 heteroatoms. The number of hydrogen-bond acceptors (Lipinski definition) is 13. The number of carbonyl (C=O) groups is 1.